The number of benzene rings is 1. The summed E-state index contributed by atoms with van der Waals surface area (Å²) in [6, 6.07) is 12.9. The lowest BCUT2D eigenvalue weighted by molar-refractivity contribution is -0.141. The lowest BCUT2D eigenvalue weighted by Gasteiger charge is -2.19. The van der Waals surface area contributed by atoms with Crippen molar-refractivity contribution in [2.45, 2.75) is 25.9 Å². The first-order valence-corrected chi connectivity index (χ1v) is 8.66. The highest BCUT2D eigenvalue weighted by atomic mass is 16.5. The minimum Gasteiger partial charge on any atom is -0.489 e. The van der Waals surface area contributed by atoms with E-state index in [4.69, 9.17) is 4.74 Å². The van der Waals surface area contributed by atoms with Gasteiger partial charge in [-0.3, -0.25) is 9.59 Å². The lowest BCUT2D eigenvalue weighted by Crippen LogP contribution is -2.31. The van der Waals surface area contributed by atoms with Gasteiger partial charge in [-0.05, 0) is 31.5 Å². The summed E-state index contributed by atoms with van der Waals surface area (Å²) in [5.74, 6) is -1.65. The Hall–Kier alpha value is -2.89. The Morgan fingerprint density at radius 2 is 1.88 bits per heavy atom. The molecule has 136 valence electrons. The Morgan fingerprint density at radius 3 is 2.54 bits per heavy atom. The summed E-state index contributed by atoms with van der Waals surface area (Å²) in [6.07, 6.45) is 1.45. The van der Waals surface area contributed by atoms with Crippen molar-refractivity contribution in [1.29, 1.82) is 0 Å². The number of carbonyl (C=O) groups excluding carboxylic acids is 1. The van der Waals surface area contributed by atoms with Crippen LogP contribution in [0.1, 0.15) is 35.8 Å². The van der Waals surface area contributed by atoms with E-state index in [-0.39, 0.29) is 30.2 Å². The highest BCUT2D eigenvalue weighted by molar-refractivity contribution is 5.95. The van der Waals surface area contributed by atoms with Gasteiger partial charge in [-0.1, -0.05) is 30.3 Å². The van der Waals surface area contributed by atoms with Crippen molar-refractivity contribution in [2.24, 2.45) is 5.92 Å². The molecule has 1 amide bonds. The van der Waals surface area contributed by atoms with Crippen molar-refractivity contribution in [3.63, 3.8) is 0 Å². The number of carboxylic acids is 1. The zero-order valence-electron chi connectivity index (χ0n) is 14.8. The van der Waals surface area contributed by atoms with E-state index < -0.39 is 11.9 Å². The number of ether oxygens (including phenoxy) is 1. The van der Waals surface area contributed by atoms with Gasteiger partial charge in [0.1, 0.15) is 0 Å². The summed E-state index contributed by atoms with van der Waals surface area (Å²) < 4.78 is 5.69. The summed E-state index contributed by atoms with van der Waals surface area (Å²) >= 11 is 0. The minimum atomic E-state index is -0.895. The molecule has 1 aromatic heterocycles. The first kappa shape index (κ1) is 17.9. The fraction of sp³-hybridized carbons (Fsp3) is 0.350. The Balaban J connectivity index is 1.86. The van der Waals surface area contributed by atoms with Crippen LogP contribution in [0.25, 0.3) is 0 Å². The Kier molecular flexibility index (Phi) is 5.21. The second-order valence-corrected chi connectivity index (χ2v) is 6.69. The molecule has 0 bridgehead atoms. The van der Waals surface area contributed by atoms with Gasteiger partial charge in [0.2, 0.25) is 0 Å². The minimum absolute atomic E-state index is 0.0897. The van der Waals surface area contributed by atoms with Crippen LogP contribution in [0.2, 0.25) is 0 Å². The third-order valence-electron chi connectivity index (χ3n) is 4.49. The van der Waals surface area contributed by atoms with E-state index in [1.165, 1.54) is 0 Å². The molecule has 1 aliphatic heterocycles. The Bertz CT molecular complexity index is 791. The van der Waals surface area contributed by atoms with Crippen LogP contribution in [0.5, 0.6) is 5.75 Å². The molecular formula is C20H22N2O4. The monoisotopic (exact) mass is 354 g/mol. The van der Waals surface area contributed by atoms with Crippen molar-refractivity contribution in [1.82, 2.24) is 9.88 Å². The molecule has 6 nitrogen and oxygen atoms in total. The first-order chi connectivity index (χ1) is 12.5. The molecule has 26 heavy (non-hydrogen) atoms. The summed E-state index contributed by atoms with van der Waals surface area (Å²) in [5.41, 5.74) is 1.15. The number of nitrogens with zero attached hydrogens (tertiary/aromatic N) is 2. The molecule has 6 heteroatoms. The number of rotatable bonds is 5. The summed E-state index contributed by atoms with van der Waals surface area (Å²) in [4.78, 5) is 30.5. The molecule has 2 heterocycles. The lowest BCUT2D eigenvalue weighted by atomic mass is 9.89. The van der Waals surface area contributed by atoms with Gasteiger partial charge in [-0.15, -0.1) is 0 Å². The molecule has 0 aliphatic carbocycles. The molecule has 1 saturated heterocycles. The quantitative estimate of drug-likeness (QED) is 0.893. The van der Waals surface area contributed by atoms with Gasteiger partial charge in [-0.2, -0.15) is 0 Å². The van der Waals surface area contributed by atoms with Crippen molar-refractivity contribution in [2.75, 3.05) is 13.1 Å². The molecule has 1 fully saturated rings. The zero-order valence-corrected chi connectivity index (χ0v) is 14.8. The van der Waals surface area contributed by atoms with Gasteiger partial charge in [0.25, 0.3) is 5.91 Å². The average Bonchev–Trinajstić information content (AvgIpc) is 3.07. The van der Waals surface area contributed by atoms with Crippen LogP contribution in [-0.2, 0) is 4.79 Å². The fourth-order valence-corrected chi connectivity index (χ4v) is 3.31. The molecule has 1 aromatic carbocycles. The molecule has 0 radical (unpaired) electrons. The normalized spacial score (nSPS) is 19.6. The number of hydrogen-bond acceptors (Lipinski definition) is 4. The molecular weight excluding hydrogens is 332 g/mol. The number of hydrogen-bond donors (Lipinski definition) is 1. The smallest absolute Gasteiger partial charge is 0.308 e. The molecule has 2 atom stereocenters. The Labute approximate surface area is 152 Å². The van der Waals surface area contributed by atoms with Crippen LogP contribution in [0, 0.1) is 5.92 Å². The summed E-state index contributed by atoms with van der Waals surface area (Å²) in [6.45, 7) is 4.26. The SMILES string of the molecule is CC(C)Oc1cccnc1C(=O)N1C[C@H](C(=O)O)[C@H](c2ccccc2)C1. The standard InChI is InChI=1S/C20H22N2O4/c1-13(2)26-17-9-6-10-21-18(17)19(23)22-11-15(16(12-22)20(24)25)14-7-4-3-5-8-14/h3-10,13,15-16H,11-12H2,1-2H3,(H,24,25)/t15-,16-/m0/s1. The van der Waals surface area contributed by atoms with Crippen LogP contribution >= 0.6 is 0 Å². The number of aliphatic carboxylic acids is 1. The van der Waals surface area contributed by atoms with Crippen LogP contribution in [-0.4, -0.2) is 46.1 Å². The van der Waals surface area contributed by atoms with Crippen molar-refractivity contribution >= 4 is 11.9 Å². The van der Waals surface area contributed by atoms with Crippen LogP contribution in [0.3, 0.4) is 0 Å². The first-order valence-electron chi connectivity index (χ1n) is 8.66. The zero-order chi connectivity index (χ0) is 18.7. The fourth-order valence-electron chi connectivity index (χ4n) is 3.31. The molecule has 2 aromatic rings. The van der Waals surface area contributed by atoms with Crippen molar-refractivity contribution in [3.8, 4) is 5.75 Å². The van der Waals surface area contributed by atoms with E-state index in [9.17, 15) is 14.7 Å². The maximum Gasteiger partial charge on any atom is 0.308 e. The molecule has 0 unspecified atom stereocenters. The van der Waals surface area contributed by atoms with Crippen molar-refractivity contribution < 1.29 is 19.4 Å². The molecule has 3 rings (SSSR count). The van der Waals surface area contributed by atoms with Gasteiger partial charge in [0.15, 0.2) is 11.4 Å². The number of carbonyl (C=O) groups is 2. The van der Waals surface area contributed by atoms with Crippen LogP contribution < -0.4 is 4.74 Å². The number of aromatic nitrogens is 1. The third-order valence-corrected chi connectivity index (χ3v) is 4.49. The predicted octanol–water partition coefficient (Wildman–Crippen LogP) is 2.81. The molecule has 0 saturated carbocycles. The summed E-state index contributed by atoms with van der Waals surface area (Å²) in [5, 5.41) is 9.61. The highest BCUT2D eigenvalue weighted by Crippen LogP contribution is 2.34. The maximum atomic E-state index is 13.0. The predicted molar refractivity (Wildman–Crippen MR) is 96.2 cm³/mol. The second kappa shape index (κ2) is 7.56. The topological polar surface area (TPSA) is 79.7 Å². The van der Waals surface area contributed by atoms with Gasteiger partial charge >= 0.3 is 5.97 Å². The van der Waals surface area contributed by atoms with Gasteiger partial charge in [0.05, 0.1) is 12.0 Å². The number of likely N-dealkylation sites (tertiary alicyclic amines) is 1. The van der Waals surface area contributed by atoms with Crippen molar-refractivity contribution in [3.05, 3.63) is 59.9 Å². The molecule has 1 aliphatic rings. The molecule has 0 spiro atoms. The van der Waals surface area contributed by atoms with Gasteiger partial charge in [-0.25, -0.2) is 4.98 Å². The van der Waals surface area contributed by atoms with Gasteiger partial charge in [0, 0.05) is 25.2 Å². The second-order valence-electron chi connectivity index (χ2n) is 6.69. The van der Waals surface area contributed by atoms with E-state index in [1.54, 1.807) is 23.2 Å². The van der Waals surface area contributed by atoms with Crippen LogP contribution in [0.4, 0.5) is 0 Å². The number of carboxylic acid groups (broad SMARTS) is 1. The Morgan fingerprint density at radius 1 is 1.15 bits per heavy atom. The van der Waals surface area contributed by atoms with E-state index in [1.807, 2.05) is 44.2 Å². The highest BCUT2D eigenvalue weighted by Gasteiger charge is 2.41. The van der Waals surface area contributed by atoms with Crippen LogP contribution in [0.15, 0.2) is 48.7 Å². The van der Waals surface area contributed by atoms with Gasteiger partial charge < -0.3 is 14.7 Å². The van der Waals surface area contributed by atoms with E-state index in [2.05, 4.69) is 4.98 Å². The summed E-state index contributed by atoms with van der Waals surface area (Å²) in [7, 11) is 0. The van der Waals surface area contributed by atoms with E-state index >= 15 is 0 Å². The largest absolute Gasteiger partial charge is 0.489 e. The average molecular weight is 354 g/mol. The molecule has 1 N–H and O–H groups in total. The number of pyridine rings is 1. The number of amides is 1. The maximum absolute atomic E-state index is 13.0. The van der Waals surface area contributed by atoms with E-state index in [0.29, 0.717) is 12.3 Å². The van der Waals surface area contributed by atoms with E-state index in [0.717, 1.165) is 5.56 Å². The third kappa shape index (κ3) is 3.69.